The first-order valence-electron chi connectivity index (χ1n) is 8.85. The normalized spacial score (nSPS) is 19.0. The molecular formula is C21H18FNO5. The SMILES string of the molecule is COC(=O)C1CC(Oc2ccccc2F)CN1C(=O)c1cc2ccccc2o1. The number of methoxy groups -OCH3 is 1. The maximum Gasteiger partial charge on any atom is 0.328 e. The van der Waals surface area contributed by atoms with E-state index in [1.54, 1.807) is 24.3 Å². The first-order valence-corrected chi connectivity index (χ1v) is 8.85. The highest BCUT2D eigenvalue weighted by Gasteiger charge is 2.42. The Morgan fingerprint density at radius 2 is 1.89 bits per heavy atom. The summed E-state index contributed by atoms with van der Waals surface area (Å²) in [6.07, 6.45) is -0.346. The first-order chi connectivity index (χ1) is 13.6. The first kappa shape index (κ1) is 18.0. The highest BCUT2D eigenvalue weighted by atomic mass is 19.1. The number of hydrogen-bond donors (Lipinski definition) is 0. The van der Waals surface area contributed by atoms with Gasteiger partial charge in [0.25, 0.3) is 5.91 Å². The van der Waals surface area contributed by atoms with Gasteiger partial charge < -0.3 is 18.8 Å². The van der Waals surface area contributed by atoms with Gasteiger partial charge >= 0.3 is 5.97 Å². The molecule has 3 aromatic rings. The van der Waals surface area contributed by atoms with Crippen molar-refractivity contribution >= 4 is 22.8 Å². The number of benzene rings is 2. The zero-order chi connectivity index (χ0) is 19.7. The summed E-state index contributed by atoms with van der Waals surface area (Å²) in [6.45, 7) is 0.115. The van der Waals surface area contributed by atoms with Crippen LogP contribution in [0, 0.1) is 5.82 Å². The van der Waals surface area contributed by atoms with Crippen LogP contribution in [0.15, 0.2) is 59.0 Å². The smallest absolute Gasteiger partial charge is 0.328 e. The van der Waals surface area contributed by atoms with Crippen LogP contribution >= 0.6 is 0 Å². The molecule has 1 aliphatic rings. The van der Waals surface area contributed by atoms with Crippen molar-refractivity contribution in [3.8, 4) is 5.75 Å². The summed E-state index contributed by atoms with van der Waals surface area (Å²) >= 11 is 0. The van der Waals surface area contributed by atoms with E-state index in [0.29, 0.717) is 5.58 Å². The van der Waals surface area contributed by atoms with Gasteiger partial charge in [-0.1, -0.05) is 30.3 Å². The van der Waals surface area contributed by atoms with Crippen LogP contribution in [0.5, 0.6) is 5.75 Å². The molecule has 6 nitrogen and oxygen atoms in total. The number of ether oxygens (including phenoxy) is 2. The molecule has 144 valence electrons. The third-order valence-electron chi connectivity index (χ3n) is 4.76. The van der Waals surface area contributed by atoms with Crippen molar-refractivity contribution < 1.29 is 27.9 Å². The highest BCUT2D eigenvalue weighted by Crippen LogP contribution is 2.28. The second kappa shape index (κ2) is 7.34. The minimum Gasteiger partial charge on any atom is -0.485 e. The average molecular weight is 383 g/mol. The lowest BCUT2D eigenvalue weighted by atomic mass is 10.2. The molecule has 1 saturated heterocycles. The number of carbonyl (C=O) groups is 2. The molecule has 7 heteroatoms. The van der Waals surface area contributed by atoms with Gasteiger partial charge in [0.2, 0.25) is 0 Å². The van der Waals surface area contributed by atoms with Gasteiger partial charge in [-0.15, -0.1) is 0 Å². The summed E-state index contributed by atoms with van der Waals surface area (Å²) in [4.78, 5) is 26.6. The van der Waals surface area contributed by atoms with Crippen molar-refractivity contribution in [2.75, 3.05) is 13.7 Å². The van der Waals surface area contributed by atoms with Gasteiger partial charge in [-0.2, -0.15) is 0 Å². The van der Waals surface area contributed by atoms with Gasteiger partial charge in [0.1, 0.15) is 17.7 Å². The number of nitrogens with zero attached hydrogens (tertiary/aromatic N) is 1. The zero-order valence-electron chi connectivity index (χ0n) is 15.1. The molecular weight excluding hydrogens is 365 g/mol. The minimum atomic E-state index is -0.831. The van der Waals surface area contributed by atoms with Crippen LogP contribution in [0.25, 0.3) is 11.0 Å². The summed E-state index contributed by atoms with van der Waals surface area (Å²) in [6, 6.07) is 14.1. The average Bonchev–Trinajstić information content (AvgIpc) is 3.33. The lowest BCUT2D eigenvalue weighted by molar-refractivity contribution is -0.145. The number of halogens is 1. The van der Waals surface area contributed by atoms with Crippen molar-refractivity contribution in [2.45, 2.75) is 18.6 Å². The van der Waals surface area contributed by atoms with Gasteiger partial charge in [-0.3, -0.25) is 4.79 Å². The van der Waals surface area contributed by atoms with Crippen LogP contribution in [-0.4, -0.2) is 42.6 Å². The van der Waals surface area contributed by atoms with Gasteiger partial charge in [0, 0.05) is 11.8 Å². The molecule has 0 radical (unpaired) electrons. The molecule has 0 aliphatic carbocycles. The highest BCUT2D eigenvalue weighted by molar-refractivity contribution is 5.98. The molecule has 1 fully saturated rings. The van der Waals surface area contributed by atoms with Crippen molar-refractivity contribution in [1.29, 1.82) is 0 Å². The molecule has 0 bridgehead atoms. The predicted molar refractivity (Wildman–Crippen MR) is 98.5 cm³/mol. The Hall–Kier alpha value is -3.35. The Balaban J connectivity index is 1.59. The van der Waals surface area contributed by atoms with Crippen LogP contribution in [0.4, 0.5) is 4.39 Å². The monoisotopic (exact) mass is 383 g/mol. The summed E-state index contributed by atoms with van der Waals surface area (Å²) < 4.78 is 30.1. The van der Waals surface area contributed by atoms with E-state index in [2.05, 4.69) is 0 Å². The van der Waals surface area contributed by atoms with Crippen molar-refractivity contribution in [2.24, 2.45) is 0 Å². The number of hydrogen-bond acceptors (Lipinski definition) is 5. The van der Waals surface area contributed by atoms with Crippen LogP contribution in [0.2, 0.25) is 0 Å². The number of carbonyl (C=O) groups excluding carboxylic acids is 2. The molecule has 0 N–H and O–H groups in total. The van der Waals surface area contributed by atoms with E-state index in [9.17, 15) is 14.0 Å². The summed E-state index contributed by atoms with van der Waals surface area (Å²) in [5.41, 5.74) is 0.582. The van der Waals surface area contributed by atoms with E-state index in [4.69, 9.17) is 13.9 Å². The quantitative estimate of drug-likeness (QED) is 0.646. The topological polar surface area (TPSA) is 69.0 Å². The van der Waals surface area contributed by atoms with E-state index < -0.39 is 29.8 Å². The Bertz CT molecular complexity index is 997. The van der Waals surface area contributed by atoms with Crippen LogP contribution < -0.4 is 4.74 Å². The third kappa shape index (κ3) is 3.31. The van der Waals surface area contributed by atoms with Gasteiger partial charge in [0.05, 0.1) is 13.7 Å². The molecule has 1 aromatic heterocycles. The maximum atomic E-state index is 13.9. The van der Waals surface area contributed by atoms with E-state index in [0.717, 1.165) is 5.39 Å². The fourth-order valence-electron chi connectivity index (χ4n) is 3.42. The molecule has 0 saturated carbocycles. The van der Waals surface area contributed by atoms with Crippen molar-refractivity contribution in [1.82, 2.24) is 4.90 Å². The second-order valence-electron chi connectivity index (χ2n) is 6.55. The number of amides is 1. The van der Waals surface area contributed by atoms with Crippen molar-refractivity contribution in [3.05, 3.63) is 66.2 Å². The summed E-state index contributed by atoms with van der Waals surface area (Å²) in [7, 11) is 1.26. The van der Waals surface area contributed by atoms with Gasteiger partial charge in [-0.05, 0) is 24.3 Å². The summed E-state index contributed by atoms with van der Waals surface area (Å²) in [5.74, 6) is -1.29. The Morgan fingerprint density at radius 1 is 1.14 bits per heavy atom. The lowest BCUT2D eigenvalue weighted by Gasteiger charge is -2.21. The van der Waals surface area contributed by atoms with Crippen LogP contribution in [0.1, 0.15) is 17.0 Å². The van der Waals surface area contributed by atoms with Crippen molar-refractivity contribution in [3.63, 3.8) is 0 Å². The molecule has 28 heavy (non-hydrogen) atoms. The fraction of sp³-hybridized carbons (Fsp3) is 0.238. The van der Waals surface area contributed by atoms with E-state index in [1.807, 2.05) is 18.2 Å². The van der Waals surface area contributed by atoms with Crippen LogP contribution in [0.3, 0.4) is 0 Å². The Morgan fingerprint density at radius 3 is 2.64 bits per heavy atom. The number of esters is 1. The lowest BCUT2D eigenvalue weighted by Crippen LogP contribution is -2.41. The molecule has 2 unspecified atom stereocenters. The third-order valence-corrected chi connectivity index (χ3v) is 4.76. The predicted octanol–water partition coefficient (Wildman–Crippen LogP) is 3.41. The Kier molecular flexibility index (Phi) is 4.73. The number of likely N-dealkylation sites (tertiary alicyclic amines) is 1. The van der Waals surface area contributed by atoms with Gasteiger partial charge in [-0.25, -0.2) is 9.18 Å². The molecule has 1 amide bonds. The summed E-state index contributed by atoms with van der Waals surface area (Å²) in [5, 5.41) is 0.791. The molecule has 2 aromatic carbocycles. The van der Waals surface area contributed by atoms with Gasteiger partial charge in [0.15, 0.2) is 17.3 Å². The van der Waals surface area contributed by atoms with E-state index in [1.165, 1.54) is 24.1 Å². The zero-order valence-corrected chi connectivity index (χ0v) is 15.1. The largest absolute Gasteiger partial charge is 0.485 e. The molecule has 1 aliphatic heterocycles. The number of para-hydroxylation sites is 2. The van der Waals surface area contributed by atoms with Crippen LogP contribution in [-0.2, 0) is 9.53 Å². The minimum absolute atomic E-state index is 0.0779. The standard InChI is InChI=1S/C21H18FNO5/c1-26-21(25)16-11-14(27-18-9-5-3-7-15(18)22)12-23(16)20(24)19-10-13-6-2-4-8-17(13)28-19/h2-10,14,16H,11-12H2,1H3. The number of rotatable bonds is 4. The maximum absolute atomic E-state index is 13.9. The Labute approximate surface area is 160 Å². The second-order valence-corrected chi connectivity index (χ2v) is 6.55. The number of furan rings is 1. The van der Waals surface area contributed by atoms with E-state index >= 15 is 0 Å². The molecule has 0 spiro atoms. The molecule has 4 rings (SSSR count). The fourth-order valence-corrected chi connectivity index (χ4v) is 3.42. The molecule has 2 heterocycles. The number of fused-ring (bicyclic) bond motifs is 1. The van der Waals surface area contributed by atoms with E-state index in [-0.39, 0.29) is 24.5 Å². The molecule has 2 atom stereocenters.